The van der Waals surface area contributed by atoms with Crippen molar-refractivity contribution in [3.05, 3.63) is 35.4 Å². The summed E-state index contributed by atoms with van der Waals surface area (Å²) in [6.07, 6.45) is -1.32. The summed E-state index contributed by atoms with van der Waals surface area (Å²) in [6.45, 7) is 5.27. The van der Waals surface area contributed by atoms with Crippen LogP contribution in [0.1, 0.15) is 42.8 Å². The van der Waals surface area contributed by atoms with Crippen molar-refractivity contribution in [2.75, 3.05) is 0 Å². The molecule has 0 unspecified atom stereocenters. The molecule has 17 heavy (non-hydrogen) atoms. The van der Waals surface area contributed by atoms with Gasteiger partial charge in [-0.1, -0.05) is 18.2 Å². The van der Waals surface area contributed by atoms with Gasteiger partial charge in [-0.05, 0) is 26.8 Å². The summed E-state index contributed by atoms with van der Waals surface area (Å²) in [6, 6.07) is 8.07. The molecule has 1 aromatic carbocycles. The molecule has 0 aliphatic carbocycles. The molecule has 0 saturated carbocycles. The van der Waals surface area contributed by atoms with Gasteiger partial charge in [0.25, 0.3) is 0 Å². The van der Waals surface area contributed by atoms with Crippen LogP contribution in [-0.4, -0.2) is 16.7 Å². The lowest BCUT2D eigenvalue weighted by Crippen LogP contribution is -2.24. The molecular weight excluding hydrogens is 218 g/mol. The van der Waals surface area contributed by atoms with Crippen LogP contribution in [-0.2, 0) is 4.74 Å². The minimum atomic E-state index is -1.32. The van der Waals surface area contributed by atoms with Crippen molar-refractivity contribution in [3.8, 4) is 6.07 Å². The topological polar surface area (TPSA) is 70.3 Å². The Hall–Kier alpha value is -1.86. The summed E-state index contributed by atoms with van der Waals surface area (Å²) in [5.74, 6) is -0.539. The number of benzene rings is 1. The fourth-order valence-corrected chi connectivity index (χ4v) is 1.32. The van der Waals surface area contributed by atoms with Gasteiger partial charge in [0, 0.05) is 5.56 Å². The smallest absolute Gasteiger partial charge is 0.339 e. The third-order valence-electron chi connectivity index (χ3n) is 2.00. The monoisotopic (exact) mass is 233 g/mol. The minimum Gasteiger partial charge on any atom is -0.456 e. The molecule has 1 atom stereocenters. The van der Waals surface area contributed by atoms with Crippen LogP contribution in [0.5, 0.6) is 0 Å². The lowest BCUT2D eigenvalue weighted by molar-refractivity contribution is 0.00657. The van der Waals surface area contributed by atoms with E-state index in [4.69, 9.17) is 10.00 Å². The summed E-state index contributed by atoms with van der Waals surface area (Å²) < 4.78 is 5.20. The molecule has 90 valence electrons. The highest BCUT2D eigenvalue weighted by atomic mass is 16.6. The van der Waals surface area contributed by atoms with Crippen LogP contribution in [0.2, 0.25) is 0 Å². The number of ether oxygens (including phenoxy) is 1. The maximum absolute atomic E-state index is 11.9. The molecule has 0 aliphatic heterocycles. The quantitative estimate of drug-likeness (QED) is 0.628. The molecular formula is C13H15NO3. The van der Waals surface area contributed by atoms with Crippen LogP contribution in [0.4, 0.5) is 0 Å². The van der Waals surface area contributed by atoms with Gasteiger partial charge < -0.3 is 9.84 Å². The lowest BCUT2D eigenvalue weighted by Gasteiger charge is -2.20. The van der Waals surface area contributed by atoms with E-state index in [0.717, 1.165) is 0 Å². The van der Waals surface area contributed by atoms with E-state index in [2.05, 4.69) is 0 Å². The third-order valence-corrected chi connectivity index (χ3v) is 2.00. The summed E-state index contributed by atoms with van der Waals surface area (Å²) in [7, 11) is 0. The Bertz CT molecular complexity index is 454. The van der Waals surface area contributed by atoms with Crippen LogP contribution < -0.4 is 0 Å². The molecule has 0 bridgehead atoms. The van der Waals surface area contributed by atoms with E-state index in [1.165, 1.54) is 12.1 Å². The fraction of sp³-hybridized carbons (Fsp3) is 0.385. The molecule has 0 saturated heterocycles. The average molecular weight is 233 g/mol. The van der Waals surface area contributed by atoms with Crippen LogP contribution in [0.3, 0.4) is 0 Å². The number of carbonyl (C=O) groups is 1. The number of nitrogens with zero attached hydrogens (tertiary/aromatic N) is 1. The zero-order valence-electron chi connectivity index (χ0n) is 10.1. The predicted molar refractivity (Wildman–Crippen MR) is 62.2 cm³/mol. The van der Waals surface area contributed by atoms with Gasteiger partial charge in [0.05, 0.1) is 11.6 Å². The average Bonchev–Trinajstić information content (AvgIpc) is 2.25. The number of carbonyl (C=O) groups excluding carboxylic acids is 1. The van der Waals surface area contributed by atoms with Gasteiger partial charge in [-0.3, -0.25) is 0 Å². The lowest BCUT2D eigenvalue weighted by atomic mass is 10.0. The predicted octanol–water partition coefficient (Wildman–Crippen LogP) is 2.20. The molecule has 4 heteroatoms. The number of aliphatic hydroxyl groups is 1. The Morgan fingerprint density at radius 2 is 2.00 bits per heavy atom. The SMILES string of the molecule is CC(C)(C)OC(=O)c1ccccc1[C@@H](O)C#N. The zero-order chi connectivity index (χ0) is 13.1. The third kappa shape index (κ3) is 3.58. The van der Waals surface area contributed by atoms with Crippen molar-refractivity contribution >= 4 is 5.97 Å². The molecule has 0 amide bonds. The van der Waals surface area contributed by atoms with E-state index in [1.807, 2.05) is 0 Å². The van der Waals surface area contributed by atoms with E-state index >= 15 is 0 Å². The van der Waals surface area contributed by atoms with Crippen molar-refractivity contribution in [2.24, 2.45) is 0 Å². The number of esters is 1. The molecule has 0 aromatic heterocycles. The number of aliphatic hydroxyl groups excluding tert-OH is 1. The molecule has 0 aliphatic rings. The fourth-order valence-electron chi connectivity index (χ4n) is 1.32. The summed E-state index contributed by atoms with van der Waals surface area (Å²) in [5.41, 5.74) is -0.123. The van der Waals surface area contributed by atoms with Crippen LogP contribution >= 0.6 is 0 Å². The van der Waals surface area contributed by atoms with E-state index < -0.39 is 17.7 Å². The van der Waals surface area contributed by atoms with Gasteiger partial charge in [-0.2, -0.15) is 5.26 Å². The van der Waals surface area contributed by atoms with Gasteiger partial charge in [-0.15, -0.1) is 0 Å². The second kappa shape index (κ2) is 4.98. The number of hydrogen-bond donors (Lipinski definition) is 1. The van der Waals surface area contributed by atoms with Crippen molar-refractivity contribution in [1.29, 1.82) is 5.26 Å². The molecule has 1 N–H and O–H groups in total. The molecule has 0 heterocycles. The van der Waals surface area contributed by atoms with E-state index in [-0.39, 0.29) is 11.1 Å². The molecule has 0 radical (unpaired) electrons. The van der Waals surface area contributed by atoms with Gasteiger partial charge in [0.15, 0.2) is 6.10 Å². The van der Waals surface area contributed by atoms with Crippen LogP contribution in [0.25, 0.3) is 0 Å². The van der Waals surface area contributed by atoms with Crippen molar-refractivity contribution < 1.29 is 14.6 Å². The molecule has 1 rings (SSSR count). The van der Waals surface area contributed by atoms with Gasteiger partial charge in [0.2, 0.25) is 0 Å². The highest BCUT2D eigenvalue weighted by Crippen LogP contribution is 2.20. The Labute approximate surface area is 100 Å². The second-order valence-electron chi connectivity index (χ2n) is 4.62. The second-order valence-corrected chi connectivity index (χ2v) is 4.62. The standard InChI is InChI=1S/C13H15NO3/c1-13(2,3)17-12(16)10-7-5-4-6-9(10)11(15)8-14/h4-7,11,15H,1-3H3/t11-/m0/s1. The first-order chi connectivity index (χ1) is 7.85. The highest BCUT2D eigenvalue weighted by Gasteiger charge is 2.22. The summed E-state index contributed by atoms with van der Waals surface area (Å²) in [4.78, 5) is 11.9. The van der Waals surface area contributed by atoms with E-state index in [0.29, 0.717) is 0 Å². The number of rotatable bonds is 2. The maximum atomic E-state index is 11.9. The van der Waals surface area contributed by atoms with E-state index in [9.17, 15) is 9.90 Å². The first kappa shape index (κ1) is 13.2. The molecule has 1 aromatic rings. The largest absolute Gasteiger partial charge is 0.456 e. The van der Waals surface area contributed by atoms with Gasteiger partial charge in [0.1, 0.15) is 5.60 Å². The van der Waals surface area contributed by atoms with Gasteiger partial charge >= 0.3 is 5.97 Å². The Morgan fingerprint density at radius 3 is 2.53 bits per heavy atom. The molecule has 4 nitrogen and oxygen atoms in total. The van der Waals surface area contributed by atoms with E-state index in [1.54, 1.807) is 39.0 Å². The highest BCUT2D eigenvalue weighted by molar-refractivity contribution is 5.91. The van der Waals surface area contributed by atoms with Crippen LogP contribution in [0, 0.1) is 11.3 Å². The maximum Gasteiger partial charge on any atom is 0.339 e. The van der Waals surface area contributed by atoms with Crippen LogP contribution in [0.15, 0.2) is 24.3 Å². The molecule has 0 fully saturated rings. The number of nitriles is 1. The summed E-state index contributed by atoms with van der Waals surface area (Å²) in [5, 5.41) is 18.2. The summed E-state index contributed by atoms with van der Waals surface area (Å²) >= 11 is 0. The Morgan fingerprint density at radius 1 is 1.41 bits per heavy atom. The Balaban J connectivity index is 3.06. The molecule has 0 spiro atoms. The van der Waals surface area contributed by atoms with Crippen molar-refractivity contribution in [2.45, 2.75) is 32.5 Å². The number of hydrogen-bond acceptors (Lipinski definition) is 4. The Kier molecular flexibility index (Phi) is 3.87. The van der Waals surface area contributed by atoms with Crippen molar-refractivity contribution in [3.63, 3.8) is 0 Å². The minimum absolute atomic E-state index is 0.219. The van der Waals surface area contributed by atoms with Crippen molar-refractivity contribution in [1.82, 2.24) is 0 Å². The van der Waals surface area contributed by atoms with Gasteiger partial charge in [-0.25, -0.2) is 4.79 Å². The zero-order valence-corrected chi connectivity index (χ0v) is 10.1. The first-order valence-electron chi connectivity index (χ1n) is 5.25. The normalized spacial score (nSPS) is 12.6. The first-order valence-corrected chi connectivity index (χ1v) is 5.25.